The molecule has 1 heterocycles. The number of para-hydroxylation sites is 1. The maximum absolute atomic E-state index is 13.7. The molecular weight excluding hydrogens is 466 g/mol. The summed E-state index contributed by atoms with van der Waals surface area (Å²) in [4.78, 5) is 30.3. The van der Waals surface area contributed by atoms with E-state index in [1.165, 1.54) is 0 Å². The molecule has 6 heteroatoms. The summed E-state index contributed by atoms with van der Waals surface area (Å²) in [5.74, 6) is -0.0493. The van der Waals surface area contributed by atoms with Gasteiger partial charge in [0.25, 0.3) is 0 Å². The van der Waals surface area contributed by atoms with Crippen LogP contribution in [0, 0.1) is 34.5 Å². The van der Waals surface area contributed by atoms with Gasteiger partial charge in [-0.25, -0.2) is 4.98 Å². The van der Waals surface area contributed by atoms with Crippen LogP contribution in [0.1, 0.15) is 46.5 Å². The molecule has 3 saturated carbocycles. The topological polar surface area (TPSA) is 96.7 Å². The van der Waals surface area contributed by atoms with Gasteiger partial charge >= 0.3 is 0 Å². The van der Waals surface area contributed by atoms with Crippen LogP contribution in [-0.4, -0.2) is 45.1 Å². The summed E-state index contributed by atoms with van der Waals surface area (Å²) in [6.07, 6.45) is 7.36. The Balaban J connectivity index is 1.27. The number of aliphatic hydroxyl groups excluding tert-OH is 1. The number of Topliss-reactive ketones (excluding diaryl/α,β-unsaturated/α-hetero) is 1. The minimum Gasteiger partial charge on any atom is -0.470 e. The van der Waals surface area contributed by atoms with Crippen molar-refractivity contribution < 1.29 is 24.5 Å². The quantitative estimate of drug-likeness (QED) is 0.643. The summed E-state index contributed by atoms with van der Waals surface area (Å²) in [5.41, 5.74) is -0.869. The molecule has 4 aliphatic carbocycles. The van der Waals surface area contributed by atoms with Crippen LogP contribution in [0.2, 0.25) is 0 Å². The van der Waals surface area contributed by atoms with E-state index in [1.807, 2.05) is 50.3 Å². The molecule has 6 nitrogen and oxygen atoms in total. The Bertz CT molecular complexity index is 1350. The molecule has 4 aliphatic rings. The van der Waals surface area contributed by atoms with Crippen LogP contribution in [0.25, 0.3) is 10.9 Å². The SMILES string of the molecule is C[C@@H]1CC2C3CCC4=CC(=O)C=CC4(C)C3[C@@H](O)CC2(C)[C@@]1(O)C(=O)COc1ccc2ccccc2n1. The number of carbonyl (C=O) groups is 2. The van der Waals surface area contributed by atoms with Crippen molar-refractivity contribution >= 4 is 22.5 Å². The van der Waals surface area contributed by atoms with Crippen LogP contribution in [-0.2, 0) is 9.59 Å². The fraction of sp³-hybridized carbons (Fsp3) is 0.516. The van der Waals surface area contributed by atoms with Crippen LogP contribution in [0.15, 0.2) is 60.2 Å². The largest absolute Gasteiger partial charge is 0.470 e. The van der Waals surface area contributed by atoms with Gasteiger partial charge in [0.15, 0.2) is 12.4 Å². The number of ether oxygens (including phenoxy) is 1. The number of hydrogen-bond donors (Lipinski definition) is 2. The number of allylic oxidation sites excluding steroid dienone is 4. The fourth-order valence-corrected chi connectivity index (χ4v) is 8.63. The molecule has 0 radical (unpaired) electrons. The Hall–Kier alpha value is -2.83. The van der Waals surface area contributed by atoms with Gasteiger partial charge in [-0.1, -0.05) is 50.6 Å². The first-order valence-corrected chi connectivity index (χ1v) is 13.4. The predicted molar refractivity (Wildman–Crippen MR) is 140 cm³/mol. The molecule has 2 aromatic rings. The van der Waals surface area contributed by atoms with Gasteiger partial charge < -0.3 is 14.9 Å². The Labute approximate surface area is 217 Å². The molecule has 0 amide bonds. The van der Waals surface area contributed by atoms with Gasteiger partial charge in [-0.05, 0) is 67.7 Å². The maximum atomic E-state index is 13.7. The molecular formula is C31H35NO5. The first kappa shape index (κ1) is 24.5. The van der Waals surface area contributed by atoms with Crippen molar-refractivity contribution in [3.05, 3.63) is 60.2 Å². The molecule has 0 spiro atoms. The van der Waals surface area contributed by atoms with Crippen LogP contribution in [0.4, 0.5) is 0 Å². The number of pyridine rings is 1. The standard InChI is InChI=1S/C31H35NO5/c1-18-14-23-22-10-9-20-15-21(33)12-13-29(20,2)28(22)25(34)16-30(23,3)31(18,36)26(35)17-37-27-11-8-19-6-4-5-7-24(19)32-27/h4-8,11-13,15,18,22-23,25,28,34,36H,9-10,14,16-17H2,1-3H3/t18-,22?,23?,25+,28?,29?,30?,31+/m1/s1. The van der Waals surface area contributed by atoms with E-state index in [1.54, 1.807) is 18.2 Å². The lowest BCUT2D eigenvalue weighted by molar-refractivity contribution is -0.183. The highest BCUT2D eigenvalue weighted by molar-refractivity contribution is 6.01. The number of fused-ring (bicyclic) bond motifs is 6. The minimum absolute atomic E-state index is 0.0106. The second kappa shape index (κ2) is 8.34. The molecule has 3 fully saturated rings. The first-order valence-electron chi connectivity index (χ1n) is 13.4. The van der Waals surface area contributed by atoms with Crippen molar-refractivity contribution in [1.82, 2.24) is 4.98 Å². The Morgan fingerprint density at radius 2 is 1.97 bits per heavy atom. The average Bonchev–Trinajstić information content (AvgIpc) is 3.08. The zero-order valence-electron chi connectivity index (χ0n) is 21.7. The Kier molecular flexibility index (Phi) is 5.52. The molecule has 6 rings (SSSR count). The van der Waals surface area contributed by atoms with Gasteiger partial charge in [0.2, 0.25) is 11.7 Å². The first-order chi connectivity index (χ1) is 17.6. The molecule has 8 atom stereocenters. The van der Waals surface area contributed by atoms with Crippen LogP contribution in [0.5, 0.6) is 5.88 Å². The molecule has 0 bridgehead atoms. The van der Waals surface area contributed by atoms with E-state index in [2.05, 4.69) is 11.9 Å². The van der Waals surface area contributed by atoms with Crippen molar-refractivity contribution in [2.24, 2.45) is 34.5 Å². The molecule has 5 unspecified atom stereocenters. The van der Waals surface area contributed by atoms with Crippen molar-refractivity contribution in [3.63, 3.8) is 0 Å². The lowest BCUT2D eigenvalue weighted by Gasteiger charge is -2.59. The zero-order chi connectivity index (χ0) is 26.2. The van der Waals surface area contributed by atoms with Gasteiger partial charge in [0, 0.05) is 28.2 Å². The lowest BCUT2D eigenvalue weighted by Crippen LogP contribution is -2.63. The van der Waals surface area contributed by atoms with E-state index in [0.29, 0.717) is 12.3 Å². The van der Waals surface area contributed by atoms with E-state index in [4.69, 9.17) is 4.74 Å². The monoisotopic (exact) mass is 501 g/mol. The number of aromatic nitrogens is 1. The van der Waals surface area contributed by atoms with Crippen LogP contribution < -0.4 is 4.74 Å². The molecule has 1 aromatic carbocycles. The molecule has 2 N–H and O–H groups in total. The third-order valence-corrected chi connectivity index (χ3v) is 10.4. The smallest absolute Gasteiger partial charge is 0.214 e. The van der Waals surface area contributed by atoms with Crippen LogP contribution >= 0.6 is 0 Å². The lowest BCUT2D eigenvalue weighted by atomic mass is 9.46. The van der Waals surface area contributed by atoms with Gasteiger partial charge in [0.1, 0.15) is 5.60 Å². The molecule has 0 saturated heterocycles. The number of aliphatic hydroxyl groups is 2. The summed E-state index contributed by atoms with van der Waals surface area (Å²) < 4.78 is 5.83. The number of hydrogen-bond acceptors (Lipinski definition) is 6. The number of benzene rings is 1. The number of ketones is 2. The third kappa shape index (κ3) is 3.41. The summed E-state index contributed by atoms with van der Waals surface area (Å²) in [6, 6.07) is 11.4. The second-order valence-corrected chi connectivity index (χ2v) is 12.2. The average molecular weight is 502 g/mol. The minimum atomic E-state index is -1.60. The fourth-order valence-electron chi connectivity index (χ4n) is 8.63. The molecule has 0 aliphatic heterocycles. The summed E-state index contributed by atoms with van der Waals surface area (Å²) in [6.45, 7) is 5.80. The van der Waals surface area contributed by atoms with Gasteiger partial charge in [-0.2, -0.15) is 0 Å². The summed E-state index contributed by atoms with van der Waals surface area (Å²) >= 11 is 0. The normalized spacial score (nSPS) is 40.5. The van der Waals surface area contributed by atoms with E-state index in [0.717, 1.165) is 35.7 Å². The Morgan fingerprint density at radius 1 is 1.19 bits per heavy atom. The second-order valence-electron chi connectivity index (χ2n) is 12.2. The molecule has 1 aromatic heterocycles. The van der Waals surface area contributed by atoms with Crippen molar-refractivity contribution in [3.8, 4) is 5.88 Å². The highest BCUT2D eigenvalue weighted by Gasteiger charge is 2.70. The maximum Gasteiger partial charge on any atom is 0.214 e. The highest BCUT2D eigenvalue weighted by atomic mass is 16.5. The molecule has 37 heavy (non-hydrogen) atoms. The predicted octanol–water partition coefficient (Wildman–Crippen LogP) is 4.44. The summed E-state index contributed by atoms with van der Waals surface area (Å²) in [7, 11) is 0. The van der Waals surface area contributed by atoms with Crippen molar-refractivity contribution in [1.29, 1.82) is 0 Å². The number of carbonyl (C=O) groups excluding carboxylic acids is 2. The van der Waals surface area contributed by atoms with Crippen LogP contribution in [0.3, 0.4) is 0 Å². The van der Waals surface area contributed by atoms with Gasteiger partial charge in [-0.3, -0.25) is 9.59 Å². The van der Waals surface area contributed by atoms with Crippen molar-refractivity contribution in [2.45, 2.75) is 58.2 Å². The highest BCUT2D eigenvalue weighted by Crippen LogP contribution is 2.68. The van der Waals surface area contributed by atoms with E-state index >= 15 is 0 Å². The molecule has 194 valence electrons. The zero-order valence-corrected chi connectivity index (χ0v) is 21.7. The van der Waals surface area contributed by atoms with Gasteiger partial charge in [-0.15, -0.1) is 0 Å². The van der Waals surface area contributed by atoms with Gasteiger partial charge in [0.05, 0.1) is 11.6 Å². The number of nitrogens with zero attached hydrogens (tertiary/aromatic N) is 1. The Morgan fingerprint density at radius 3 is 2.78 bits per heavy atom. The third-order valence-electron chi connectivity index (χ3n) is 10.4. The van der Waals surface area contributed by atoms with E-state index in [-0.39, 0.29) is 47.3 Å². The van der Waals surface area contributed by atoms with E-state index in [9.17, 15) is 19.8 Å². The van der Waals surface area contributed by atoms with E-state index < -0.39 is 17.1 Å². The summed E-state index contributed by atoms with van der Waals surface area (Å²) in [5, 5.41) is 24.7. The number of rotatable bonds is 4. The van der Waals surface area contributed by atoms with Crippen molar-refractivity contribution in [2.75, 3.05) is 6.61 Å².